The van der Waals surface area contributed by atoms with Crippen LogP contribution >= 0.6 is 0 Å². The van der Waals surface area contributed by atoms with Gasteiger partial charge in [0, 0.05) is 26.8 Å². The second-order valence-electron chi connectivity index (χ2n) is 0.192. The third-order valence-electron chi connectivity index (χ3n) is 0. The predicted molar refractivity (Wildman–Crippen MR) is 210 cm³/mol. The summed E-state index contributed by atoms with van der Waals surface area (Å²) in [6.45, 7) is 0. The van der Waals surface area contributed by atoms with Gasteiger partial charge in [0.2, 0.25) is 0 Å². The van der Waals surface area contributed by atoms with E-state index in [2.05, 4.69) is 15.5 Å². The van der Waals surface area contributed by atoms with Gasteiger partial charge >= 0.3 is 1140 Å². The van der Waals surface area contributed by atoms with Gasteiger partial charge in [0.05, 0.1) is 0 Å². The first-order valence-corrected chi connectivity index (χ1v) is 239. The van der Waals surface area contributed by atoms with Gasteiger partial charge in [-0.2, -0.15) is 0 Å². The fourth-order valence-electron chi connectivity index (χ4n) is 0. The Labute approximate surface area is 1120 Å². The molecule has 0 atom stereocenters. The van der Waals surface area contributed by atoms with Crippen LogP contribution in [0.2, 0.25) is 0 Å². The molecule has 0 unspecified atom stereocenters. The molecule has 0 aliphatic rings. The van der Waals surface area contributed by atoms with Gasteiger partial charge in [0.15, 0.2) is 0 Å². The molecule has 39 heavy (non-hydrogen) atoms. The molecule has 0 aromatic heterocycles. The van der Waals surface area contributed by atoms with Crippen LogP contribution in [-0.2, 0) is 0 Å². The van der Waals surface area contributed by atoms with E-state index < -0.39 is 0 Å². The predicted octanol–water partition coefficient (Wildman–Crippen LogP) is -23.6. The Balaban J connectivity index is -0.00000000197. The molecule has 0 heterocycles. The maximum atomic E-state index is 4.50. The summed E-state index contributed by atoms with van der Waals surface area (Å²) >= 11 is 35.0. The van der Waals surface area contributed by atoms with Crippen molar-refractivity contribution < 1.29 is 268 Å². The van der Waals surface area contributed by atoms with Gasteiger partial charge in [-0.15, -0.1) is 0 Å². The molecule has 0 nitrogen and oxygen atoms in total. The van der Waals surface area contributed by atoms with Gasteiger partial charge in [-0.05, 0) is 0 Å². The third kappa shape index (κ3) is 255. The standard InChI is InChI=1S/3CH4.B3.33K.3H2.5H/c;;;1-3-2;;;;;;;;;;;;;;;;;;;;;;;;;;;;;;;;;;;;;;;;;/h3*1H4;;;;;;;;;;;;;;;;;;;;;;;;;;;;;;;;;;;3*1H;;;;;/q;;;;;;;;;;;;;;;;;;;;;;;;;;;;;;;;5*+1;;;;5*-1/i;;;;;;;;;;;;;;;;;;;;;;;;;;;;;;;;;;;;;3*1+1;;;;;. The molecule has 0 spiro atoms. The van der Waals surface area contributed by atoms with Gasteiger partial charge in [-0.1, -0.05) is 22.3 Å². The Morgan fingerprint density at radius 2 is 0.256 bits per heavy atom. The number of hydrogen-bond donors (Lipinski definition) is 0. The van der Waals surface area contributed by atoms with Gasteiger partial charge in [0.25, 0.3) is 0 Å². The monoisotopic (exact) mass is 1380 g/mol. The van der Waals surface area contributed by atoms with E-state index in [4.69, 9.17) is 0 Å². The van der Waals surface area contributed by atoms with Gasteiger partial charge in [-0.25, -0.2) is 0 Å². The quantitative estimate of drug-likeness (QED) is 0.212. The van der Waals surface area contributed by atoms with Crippen molar-refractivity contribution >= 4 is 907 Å². The summed E-state index contributed by atoms with van der Waals surface area (Å²) in [4.78, 5) is 0. The van der Waals surface area contributed by atoms with E-state index in [1.54, 1.807) is 0 Å². The normalized spacial score (nSPS) is 3.18. The van der Waals surface area contributed by atoms with Crippen molar-refractivity contribution in [3.05, 3.63) is 0 Å². The molecule has 0 aromatic carbocycles. The summed E-state index contributed by atoms with van der Waals surface area (Å²) in [7, 11) is 10.0. The molecule has 0 saturated heterocycles. The fourth-order valence-corrected chi connectivity index (χ4v) is 0. The summed E-state index contributed by atoms with van der Waals surface area (Å²) in [6.07, 6.45) is 0. The first kappa shape index (κ1) is 161. The van der Waals surface area contributed by atoms with E-state index in [1.165, 1.54) is 884 Å². The molecule has 77 valence electrons. The molecule has 0 fully saturated rings. The van der Waals surface area contributed by atoms with Crippen LogP contribution in [0.3, 0.4) is 0 Å². The van der Waals surface area contributed by atoms with E-state index in [-0.39, 0.29) is 291 Å². The van der Waals surface area contributed by atoms with Crippen LogP contribution < -0.4 is 257 Å². The van der Waals surface area contributed by atoms with Crippen molar-refractivity contribution in [3.8, 4) is 0 Å². The molecule has 0 aliphatic carbocycles. The number of rotatable bonds is 0. The van der Waals surface area contributed by atoms with Crippen molar-refractivity contribution in [1.29, 1.82) is 0 Å². The summed E-state index contributed by atoms with van der Waals surface area (Å²) in [5.74, 6) is 0. The Kier molecular flexibility index (Phi) is 1040. The summed E-state index contributed by atoms with van der Waals surface area (Å²) in [5, 5.41) is 0. The van der Waals surface area contributed by atoms with Crippen LogP contribution in [0.1, 0.15) is 33.7 Å². The van der Waals surface area contributed by atoms with Crippen LogP contribution in [0.25, 0.3) is 0 Å². The van der Waals surface area contributed by atoms with E-state index in [0.29, 0.717) is 0 Å². The Hall–Kier alpha value is 54.2. The van der Waals surface area contributed by atoms with Crippen molar-refractivity contribution in [2.75, 3.05) is 0 Å². The van der Waals surface area contributed by atoms with Crippen molar-refractivity contribution in [2.45, 2.75) is 22.3 Å². The average Bonchev–Trinajstić information content (AvgIpc) is 2.99. The summed E-state index contributed by atoms with van der Waals surface area (Å²) in [5.41, 5.74) is 0. The molecule has 5 radical (unpaired) electrons. The topological polar surface area (TPSA) is 0 Å². The van der Waals surface area contributed by atoms with Crippen molar-refractivity contribution in [1.82, 2.24) is 0 Å². The molecule has 36 heteroatoms. The van der Waals surface area contributed by atoms with Crippen LogP contribution in [0, 0.1) is 0 Å². The van der Waals surface area contributed by atoms with Crippen LogP contribution in [0.15, 0.2) is 0 Å². The Bertz CT molecular complexity index is 61.1. The second-order valence-corrected chi connectivity index (χ2v) is 0.192. The van der Waals surface area contributed by atoms with E-state index in [0.717, 1.165) is 7.06 Å². The summed E-state index contributed by atoms with van der Waals surface area (Å²) < 4.78 is 0. The van der Waals surface area contributed by atoms with Crippen LogP contribution in [-0.4, -0.2) is 907 Å². The molecule has 0 bridgehead atoms. The van der Waals surface area contributed by atoms with E-state index in [1.807, 2.05) is 0 Å². The Morgan fingerprint density at radius 1 is 0.256 bits per heavy atom. The molecular formula is C3H23B3K33. The third-order valence-corrected chi connectivity index (χ3v) is 0. The number of hydrogen-bond acceptors (Lipinski definition) is 0. The molecule has 0 rings (SSSR count). The van der Waals surface area contributed by atoms with Crippen LogP contribution in [0.4, 0.5) is 0 Å². The average molecular weight is 1380 g/mol. The maximum absolute atomic E-state index is 4.50. The molecule has 0 N–H and O–H groups in total. The molecule has 0 saturated carbocycles. The van der Waals surface area contributed by atoms with Crippen molar-refractivity contribution in [2.24, 2.45) is 0 Å². The summed E-state index contributed by atoms with van der Waals surface area (Å²) in [6, 6.07) is 0. The van der Waals surface area contributed by atoms with Crippen LogP contribution in [0.5, 0.6) is 0 Å². The zero-order valence-corrected chi connectivity index (χ0v) is 138. The zero-order valence-electron chi connectivity index (χ0n) is 39.7. The fraction of sp³-hybridized carbons (Fsp3) is 1.00. The Morgan fingerprint density at radius 3 is 0.256 bits per heavy atom. The van der Waals surface area contributed by atoms with E-state index in [9.17, 15) is 0 Å². The second kappa shape index (κ2) is 252. The first-order chi connectivity index (χ1) is 15.4. The molecular weight excluding hydrogens is 1360 g/mol. The van der Waals surface area contributed by atoms with E-state index >= 15 is 0 Å². The van der Waals surface area contributed by atoms with Gasteiger partial charge in [0.1, 0.15) is 0 Å². The minimum atomic E-state index is 0. The zero-order chi connectivity index (χ0) is 30.7. The molecule has 0 aliphatic heterocycles. The SMILES string of the molecule is C.C.C.[2HH].[2HH].[2HH].[B][B][B].[H-].[H-].[H-].[H-].[H-].[K+].[K+].[K+].[K+].[K+].[K][K].[K][K].[K][K].[K][K].[K][K].[K][K].[K][K].[K][K].[K][K].[K][K].[K][K].[K][K].[K][K].[K][K]. The molecule has 0 aromatic rings. The minimum absolute atomic E-state index is 0. The van der Waals surface area contributed by atoms with Gasteiger partial charge in [-0.3, -0.25) is 0 Å². The first-order valence-electron chi connectivity index (χ1n) is 14.7. The van der Waals surface area contributed by atoms with Crippen molar-refractivity contribution in [3.63, 3.8) is 0 Å². The van der Waals surface area contributed by atoms with Gasteiger partial charge < -0.3 is 7.13 Å². The molecule has 0 amide bonds.